The van der Waals surface area contributed by atoms with E-state index in [0.717, 1.165) is 15.7 Å². The van der Waals surface area contributed by atoms with Crippen LogP contribution in [0.2, 0.25) is 0 Å². The van der Waals surface area contributed by atoms with E-state index in [-0.39, 0.29) is 0 Å². The Balaban J connectivity index is 2.56. The molecule has 0 aliphatic heterocycles. The molecule has 2 aromatic rings. The van der Waals surface area contributed by atoms with Crippen LogP contribution in [0.3, 0.4) is 0 Å². The van der Waals surface area contributed by atoms with Crippen LogP contribution in [0.25, 0.3) is 11.3 Å². The lowest BCUT2D eigenvalue weighted by molar-refractivity contribution is 1.20. The van der Waals surface area contributed by atoms with E-state index >= 15 is 0 Å². The van der Waals surface area contributed by atoms with Gasteiger partial charge in [0.05, 0.1) is 11.9 Å². The first-order chi connectivity index (χ1) is 7.18. The SMILES string of the molecule is Cc1cc(-c2cnccn2)cc(C)c1Br. The molecule has 1 heterocycles. The monoisotopic (exact) mass is 262 g/mol. The molecule has 76 valence electrons. The molecule has 0 unspecified atom stereocenters. The average Bonchev–Trinajstić information content (AvgIpc) is 2.26. The van der Waals surface area contributed by atoms with E-state index in [1.807, 2.05) is 0 Å². The lowest BCUT2D eigenvalue weighted by atomic mass is 10.1. The summed E-state index contributed by atoms with van der Waals surface area (Å²) in [5.41, 5.74) is 4.46. The molecule has 0 aliphatic carbocycles. The molecule has 0 aliphatic rings. The summed E-state index contributed by atoms with van der Waals surface area (Å²) in [6.45, 7) is 4.16. The topological polar surface area (TPSA) is 25.8 Å². The van der Waals surface area contributed by atoms with Crippen LogP contribution in [0.5, 0.6) is 0 Å². The van der Waals surface area contributed by atoms with Crippen molar-refractivity contribution in [2.75, 3.05) is 0 Å². The van der Waals surface area contributed by atoms with Gasteiger partial charge in [0, 0.05) is 22.4 Å². The first-order valence-electron chi connectivity index (χ1n) is 4.71. The van der Waals surface area contributed by atoms with Gasteiger partial charge in [-0.1, -0.05) is 15.9 Å². The number of rotatable bonds is 1. The summed E-state index contributed by atoms with van der Waals surface area (Å²) >= 11 is 3.55. The predicted octanol–water partition coefficient (Wildman–Crippen LogP) is 3.52. The molecular weight excluding hydrogens is 252 g/mol. The second-order valence-electron chi connectivity index (χ2n) is 3.51. The Morgan fingerprint density at radius 2 is 1.73 bits per heavy atom. The Bertz CT molecular complexity index is 457. The van der Waals surface area contributed by atoms with Gasteiger partial charge in [0.15, 0.2) is 0 Å². The Morgan fingerprint density at radius 3 is 2.27 bits per heavy atom. The minimum atomic E-state index is 0.913. The van der Waals surface area contributed by atoms with Crippen molar-refractivity contribution in [1.29, 1.82) is 0 Å². The maximum atomic E-state index is 4.28. The van der Waals surface area contributed by atoms with Crippen LogP contribution in [0.4, 0.5) is 0 Å². The molecule has 0 saturated heterocycles. The van der Waals surface area contributed by atoms with Gasteiger partial charge in [-0.05, 0) is 37.1 Å². The largest absolute Gasteiger partial charge is 0.261 e. The Kier molecular flexibility index (Phi) is 2.82. The Hall–Kier alpha value is -1.22. The summed E-state index contributed by atoms with van der Waals surface area (Å²) in [5.74, 6) is 0. The van der Waals surface area contributed by atoms with Gasteiger partial charge in [-0.15, -0.1) is 0 Å². The molecule has 3 heteroatoms. The van der Waals surface area contributed by atoms with Gasteiger partial charge in [-0.3, -0.25) is 9.97 Å². The minimum Gasteiger partial charge on any atom is -0.261 e. The van der Waals surface area contributed by atoms with Gasteiger partial charge in [0.25, 0.3) is 0 Å². The van der Waals surface area contributed by atoms with Gasteiger partial charge in [0.2, 0.25) is 0 Å². The van der Waals surface area contributed by atoms with Crippen LogP contribution in [0.15, 0.2) is 35.2 Å². The average molecular weight is 263 g/mol. The van der Waals surface area contributed by atoms with Crippen molar-refractivity contribution >= 4 is 15.9 Å². The molecule has 0 saturated carbocycles. The van der Waals surface area contributed by atoms with Crippen molar-refractivity contribution in [2.45, 2.75) is 13.8 Å². The number of benzene rings is 1. The minimum absolute atomic E-state index is 0.913. The number of halogens is 1. The fourth-order valence-corrected chi connectivity index (χ4v) is 1.77. The molecule has 2 nitrogen and oxygen atoms in total. The van der Waals surface area contributed by atoms with Gasteiger partial charge >= 0.3 is 0 Å². The summed E-state index contributed by atoms with van der Waals surface area (Å²) in [4.78, 5) is 8.35. The van der Waals surface area contributed by atoms with Crippen molar-refractivity contribution in [3.63, 3.8) is 0 Å². The molecule has 15 heavy (non-hydrogen) atoms. The zero-order valence-corrected chi connectivity index (χ0v) is 10.2. The molecule has 2 rings (SSSR count). The molecule has 0 radical (unpaired) electrons. The van der Waals surface area contributed by atoms with Crippen molar-refractivity contribution in [1.82, 2.24) is 9.97 Å². The second-order valence-corrected chi connectivity index (χ2v) is 4.31. The summed E-state index contributed by atoms with van der Waals surface area (Å²) in [6.07, 6.45) is 5.17. The van der Waals surface area contributed by atoms with Gasteiger partial charge in [-0.2, -0.15) is 0 Å². The predicted molar refractivity (Wildman–Crippen MR) is 64.6 cm³/mol. The zero-order valence-electron chi connectivity index (χ0n) is 8.66. The third kappa shape index (κ3) is 2.07. The summed E-state index contributed by atoms with van der Waals surface area (Å²) in [7, 11) is 0. The number of hydrogen-bond acceptors (Lipinski definition) is 2. The van der Waals surface area contributed by atoms with Crippen molar-refractivity contribution in [3.05, 3.63) is 46.3 Å². The molecule has 0 spiro atoms. The van der Waals surface area contributed by atoms with E-state index in [0.29, 0.717) is 0 Å². The second kappa shape index (κ2) is 4.11. The third-order valence-electron chi connectivity index (χ3n) is 2.30. The van der Waals surface area contributed by atoms with Crippen LogP contribution in [-0.4, -0.2) is 9.97 Å². The first-order valence-corrected chi connectivity index (χ1v) is 5.51. The van der Waals surface area contributed by atoms with Crippen LogP contribution >= 0.6 is 15.9 Å². The van der Waals surface area contributed by atoms with Crippen LogP contribution in [-0.2, 0) is 0 Å². The van der Waals surface area contributed by atoms with E-state index in [1.54, 1.807) is 18.6 Å². The Morgan fingerprint density at radius 1 is 1.07 bits per heavy atom. The Labute approximate surface area is 97.5 Å². The molecule has 0 bridgehead atoms. The van der Waals surface area contributed by atoms with Crippen molar-refractivity contribution in [2.24, 2.45) is 0 Å². The number of nitrogens with zero attached hydrogens (tertiary/aromatic N) is 2. The molecular formula is C12H11BrN2. The van der Waals surface area contributed by atoms with E-state index in [1.165, 1.54) is 11.1 Å². The van der Waals surface area contributed by atoms with Gasteiger partial charge < -0.3 is 0 Å². The van der Waals surface area contributed by atoms with Gasteiger partial charge in [-0.25, -0.2) is 0 Å². The molecule has 0 amide bonds. The zero-order chi connectivity index (χ0) is 10.8. The van der Waals surface area contributed by atoms with Crippen LogP contribution < -0.4 is 0 Å². The number of hydrogen-bond donors (Lipinski definition) is 0. The van der Waals surface area contributed by atoms with Crippen molar-refractivity contribution < 1.29 is 0 Å². The first kappa shape index (κ1) is 10.3. The summed E-state index contributed by atoms with van der Waals surface area (Å²) in [5, 5.41) is 0. The maximum Gasteiger partial charge on any atom is 0.0885 e. The van der Waals surface area contributed by atoms with Crippen LogP contribution in [0, 0.1) is 13.8 Å². The smallest absolute Gasteiger partial charge is 0.0885 e. The molecule has 0 N–H and O–H groups in total. The third-order valence-corrected chi connectivity index (χ3v) is 3.55. The summed E-state index contributed by atoms with van der Waals surface area (Å²) < 4.78 is 1.16. The standard InChI is InChI=1S/C12H11BrN2/c1-8-5-10(6-9(2)12(8)13)11-7-14-3-4-15-11/h3-7H,1-2H3. The van der Waals surface area contributed by atoms with Crippen LogP contribution in [0.1, 0.15) is 11.1 Å². The lowest BCUT2D eigenvalue weighted by Gasteiger charge is -2.06. The van der Waals surface area contributed by atoms with Gasteiger partial charge in [0.1, 0.15) is 0 Å². The van der Waals surface area contributed by atoms with E-state index in [9.17, 15) is 0 Å². The number of aryl methyl sites for hydroxylation is 2. The van der Waals surface area contributed by atoms with E-state index in [2.05, 4.69) is 51.9 Å². The molecule has 1 aromatic heterocycles. The van der Waals surface area contributed by atoms with E-state index < -0.39 is 0 Å². The quantitative estimate of drug-likeness (QED) is 0.786. The molecule has 0 atom stereocenters. The normalized spacial score (nSPS) is 10.3. The maximum absolute atomic E-state index is 4.28. The highest BCUT2D eigenvalue weighted by Crippen LogP contribution is 2.26. The molecule has 1 aromatic carbocycles. The fourth-order valence-electron chi connectivity index (χ4n) is 1.54. The highest BCUT2D eigenvalue weighted by Gasteiger charge is 2.04. The van der Waals surface area contributed by atoms with E-state index in [4.69, 9.17) is 0 Å². The summed E-state index contributed by atoms with van der Waals surface area (Å²) in [6, 6.07) is 4.22. The lowest BCUT2D eigenvalue weighted by Crippen LogP contribution is -1.88. The van der Waals surface area contributed by atoms with Crippen molar-refractivity contribution in [3.8, 4) is 11.3 Å². The number of aromatic nitrogens is 2. The highest BCUT2D eigenvalue weighted by molar-refractivity contribution is 9.10. The highest BCUT2D eigenvalue weighted by atomic mass is 79.9. The fraction of sp³-hybridized carbons (Fsp3) is 0.167. The molecule has 0 fully saturated rings.